The summed E-state index contributed by atoms with van der Waals surface area (Å²) < 4.78 is 0. The first-order valence-electron chi connectivity index (χ1n) is 6.32. The summed E-state index contributed by atoms with van der Waals surface area (Å²) in [5, 5.41) is 9.18. The van der Waals surface area contributed by atoms with E-state index in [9.17, 15) is 14.7 Å². The molecule has 0 spiro atoms. The Morgan fingerprint density at radius 1 is 1.32 bits per heavy atom. The van der Waals surface area contributed by atoms with Crippen molar-refractivity contribution >= 4 is 23.3 Å². The molecule has 0 heterocycles. The zero-order valence-corrected chi connectivity index (χ0v) is 11.5. The highest BCUT2D eigenvalue weighted by molar-refractivity contribution is 6.02. The van der Waals surface area contributed by atoms with Crippen molar-refractivity contribution in [1.82, 2.24) is 0 Å². The number of benzene rings is 1. The van der Waals surface area contributed by atoms with E-state index in [4.69, 9.17) is 5.73 Å². The topological polar surface area (TPSA) is 83.6 Å². The number of hydrogen-bond donors (Lipinski definition) is 2. The molecule has 0 bridgehead atoms. The van der Waals surface area contributed by atoms with E-state index in [1.54, 1.807) is 19.2 Å². The zero-order chi connectivity index (χ0) is 14.6. The van der Waals surface area contributed by atoms with Gasteiger partial charge in [0.25, 0.3) is 0 Å². The number of anilines is 2. The van der Waals surface area contributed by atoms with Crippen LogP contribution in [0.15, 0.2) is 18.2 Å². The average Bonchev–Trinajstić information content (AvgIpc) is 2.39. The van der Waals surface area contributed by atoms with Crippen molar-refractivity contribution in [3.63, 3.8) is 0 Å². The molecule has 0 saturated heterocycles. The lowest BCUT2D eigenvalue weighted by Gasteiger charge is -2.23. The van der Waals surface area contributed by atoms with E-state index in [1.165, 1.54) is 11.0 Å². The van der Waals surface area contributed by atoms with Gasteiger partial charge in [-0.25, -0.2) is 4.79 Å². The summed E-state index contributed by atoms with van der Waals surface area (Å²) in [5.41, 5.74) is 6.37. The summed E-state index contributed by atoms with van der Waals surface area (Å²) in [6.45, 7) is 3.89. The lowest BCUT2D eigenvalue weighted by molar-refractivity contribution is -0.122. The summed E-state index contributed by atoms with van der Waals surface area (Å²) >= 11 is 0. The molecule has 19 heavy (non-hydrogen) atoms. The highest BCUT2D eigenvalue weighted by Crippen LogP contribution is 2.25. The number of hydrogen-bond acceptors (Lipinski definition) is 3. The molecule has 1 aromatic carbocycles. The first-order valence-corrected chi connectivity index (χ1v) is 6.32. The Morgan fingerprint density at radius 3 is 2.37 bits per heavy atom. The largest absolute Gasteiger partial charge is 0.478 e. The Labute approximate surface area is 113 Å². The van der Waals surface area contributed by atoms with Crippen LogP contribution < -0.4 is 10.6 Å². The second-order valence-corrected chi connectivity index (χ2v) is 4.49. The first kappa shape index (κ1) is 15.0. The van der Waals surface area contributed by atoms with Crippen molar-refractivity contribution in [2.24, 2.45) is 5.92 Å². The van der Waals surface area contributed by atoms with Crippen LogP contribution in [0, 0.1) is 5.92 Å². The van der Waals surface area contributed by atoms with Crippen molar-refractivity contribution in [1.29, 1.82) is 0 Å². The molecule has 1 rings (SSSR count). The van der Waals surface area contributed by atoms with Gasteiger partial charge in [-0.05, 0) is 31.0 Å². The monoisotopic (exact) mass is 264 g/mol. The number of amides is 1. The van der Waals surface area contributed by atoms with Crippen molar-refractivity contribution in [3.05, 3.63) is 23.8 Å². The quantitative estimate of drug-likeness (QED) is 0.800. The van der Waals surface area contributed by atoms with E-state index < -0.39 is 5.97 Å². The molecule has 0 aliphatic carbocycles. The van der Waals surface area contributed by atoms with Crippen molar-refractivity contribution in [2.75, 3.05) is 17.7 Å². The van der Waals surface area contributed by atoms with Gasteiger partial charge in [0.05, 0.1) is 11.3 Å². The van der Waals surface area contributed by atoms with Gasteiger partial charge in [-0.15, -0.1) is 0 Å². The second kappa shape index (κ2) is 6.22. The number of rotatable bonds is 5. The molecule has 0 saturated carbocycles. The fourth-order valence-electron chi connectivity index (χ4n) is 2.05. The maximum atomic E-state index is 12.3. The molecule has 0 radical (unpaired) electrons. The van der Waals surface area contributed by atoms with E-state index in [1.807, 2.05) is 13.8 Å². The average molecular weight is 264 g/mol. The van der Waals surface area contributed by atoms with Crippen molar-refractivity contribution in [2.45, 2.75) is 26.7 Å². The van der Waals surface area contributed by atoms with Crippen LogP contribution in [-0.2, 0) is 4.79 Å². The SMILES string of the molecule is CCC(CC)C(=O)N(C)c1ccc(N)cc1C(=O)O. The van der Waals surface area contributed by atoms with Crippen LogP contribution in [0.5, 0.6) is 0 Å². The highest BCUT2D eigenvalue weighted by Gasteiger charge is 2.23. The molecular weight excluding hydrogens is 244 g/mol. The number of carbonyl (C=O) groups is 2. The number of nitrogen functional groups attached to an aromatic ring is 1. The Balaban J connectivity index is 3.15. The molecule has 0 aliphatic heterocycles. The number of aromatic carboxylic acids is 1. The van der Waals surface area contributed by atoms with Gasteiger partial charge in [-0.3, -0.25) is 4.79 Å². The maximum Gasteiger partial charge on any atom is 0.337 e. The number of nitrogens with two attached hydrogens (primary N) is 1. The standard InChI is InChI=1S/C14H20N2O3/c1-4-9(5-2)13(17)16(3)12-7-6-10(15)8-11(12)14(18)19/h6-9H,4-5,15H2,1-3H3,(H,18,19). The van der Waals surface area contributed by atoms with Gasteiger partial charge in [-0.2, -0.15) is 0 Å². The van der Waals surface area contributed by atoms with Crippen LogP contribution in [0.25, 0.3) is 0 Å². The number of nitrogens with zero attached hydrogens (tertiary/aromatic N) is 1. The molecular formula is C14H20N2O3. The van der Waals surface area contributed by atoms with Gasteiger partial charge >= 0.3 is 5.97 Å². The van der Waals surface area contributed by atoms with Crippen LogP contribution in [-0.4, -0.2) is 24.0 Å². The zero-order valence-electron chi connectivity index (χ0n) is 11.5. The lowest BCUT2D eigenvalue weighted by atomic mass is 10.0. The van der Waals surface area contributed by atoms with E-state index in [2.05, 4.69) is 0 Å². The first-order chi connectivity index (χ1) is 8.92. The Kier molecular flexibility index (Phi) is 4.92. The van der Waals surface area contributed by atoms with Gasteiger partial charge in [0, 0.05) is 18.7 Å². The van der Waals surface area contributed by atoms with Crippen LogP contribution in [0.4, 0.5) is 11.4 Å². The van der Waals surface area contributed by atoms with Crippen molar-refractivity contribution < 1.29 is 14.7 Å². The molecule has 1 amide bonds. The minimum Gasteiger partial charge on any atom is -0.478 e. The summed E-state index contributed by atoms with van der Waals surface area (Å²) in [7, 11) is 1.60. The number of carboxylic acid groups (broad SMARTS) is 1. The van der Waals surface area contributed by atoms with Crippen LogP contribution in [0.2, 0.25) is 0 Å². The second-order valence-electron chi connectivity index (χ2n) is 4.49. The van der Waals surface area contributed by atoms with Crippen LogP contribution in [0.1, 0.15) is 37.0 Å². The fourth-order valence-corrected chi connectivity index (χ4v) is 2.05. The van der Waals surface area contributed by atoms with E-state index in [0.717, 1.165) is 12.8 Å². The third kappa shape index (κ3) is 3.24. The molecule has 104 valence electrons. The third-order valence-corrected chi connectivity index (χ3v) is 3.28. The molecule has 0 aromatic heterocycles. The minimum atomic E-state index is -1.09. The Hall–Kier alpha value is -2.04. The summed E-state index contributed by atoms with van der Waals surface area (Å²) in [4.78, 5) is 24.9. The third-order valence-electron chi connectivity index (χ3n) is 3.28. The van der Waals surface area contributed by atoms with Gasteiger partial charge in [0.1, 0.15) is 0 Å². The predicted molar refractivity (Wildman–Crippen MR) is 75.3 cm³/mol. The van der Waals surface area contributed by atoms with Gasteiger partial charge in [-0.1, -0.05) is 13.8 Å². The molecule has 3 N–H and O–H groups in total. The van der Waals surface area contributed by atoms with E-state index in [0.29, 0.717) is 11.4 Å². The minimum absolute atomic E-state index is 0.0433. The fraction of sp³-hybridized carbons (Fsp3) is 0.429. The molecule has 0 aliphatic rings. The van der Waals surface area contributed by atoms with E-state index >= 15 is 0 Å². The van der Waals surface area contributed by atoms with Gasteiger partial charge in [0.2, 0.25) is 5.91 Å². The normalized spacial score (nSPS) is 10.5. The van der Waals surface area contributed by atoms with Gasteiger partial charge in [0.15, 0.2) is 0 Å². The lowest BCUT2D eigenvalue weighted by Crippen LogP contribution is -2.33. The highest BCUT2D eigenvalue weighted by atomic mass is 16.4. The molecule has 0 fully saturated rings. The number of carbonyl (C=O) groups excluding carboxylic acids is 1. The maximum absolute atomic E-state index is 12.3. The summed E-state index contributed by atoms with van der Waals surface area (Å²) in [6.07, 6.45) is 1.47. The van der Waals surface area contributed by atoms with Gasteiger partial charge < -0.3 is 15.7 Å². The molecule has 5 heteroatoms. The molecule has 0 atom stereocenters. The Morgan fingerprint density at radius 2 is 1.89 bits per heavy atom. The summed E-state index contributed by atoms with van der Waals surface area (Å²) in [6, 6.07) is 4.53. The number of carboxylic acids is 1. The molecule has 0 unspecified atom stereocenters. The molecule has 5 nitrogen and oxygen atoms in total. The predicted octanol–water partition coefficient (Wildman–Crippen LogP) is 2.37. The smallest absolute Gasteiger partial charge is 0.337 e. The molecule has 1 aromatic rings. The van der Waals surface area contributed by atoms with E-state index in [-0.39, 0.29) is 17.4 Å². The summed E-state index contributed by atoms with van der Waals surface area (Å²) in [5.74, 6) is -1.26. The van der Waals surface area contributed by atoms with Crippen molar-refractivity contribution in [3.8, 4) is 0 Å². The van der Waals surface area contributed by atoms with Crippen LogP contribution in [0.3, 0.4) is 0 Å². The van der Waals surface area contributed by atoms with Crippen LogP contribution >= 0.6 is 0 Å². The Bertz CT molecular complexity index is 482.